The van der Waals surface area contributed by atoms with Crippen LogP contribution in [0.2, 0.25) is 0 Å². The average molecular weight is 657 g/mol. The number of carbonyl (C=O) groups is 3. The molecule has 1 fully saturated rings. The Bertz CT molecular complexity index is 818. The summed E-state index contributed by atoms with van der Waals surface area (Å²) in [5.74, 6) is -1.27. The van der Waals surface area contributed by atoms with E-state index in [4.69, 9.17) is 10.5 Å². The lowest BCUT2D eigenvalue weighted by molar-refractivity contribution is -0.231. The van der Waals surface area contributed by atoms with Crippen molar-refractivity contribution in [2.45, 2.75) is 186 Å². The van der Waals surface area contributed by atoms with Crippen LogP contribution in [0.1, 0.15) is 149 Å². The third-order valence-electron chi connectivity index (χ3n) is 9.04. The summed E-state index contributed by atoms with van der Waals surface area (Å²) < 4.78 is 6.05. The van der Waals surface area contributed by atoms with E-state index < -0.39 is 55.0 Å². The maximum absolute atomic E-state index is 13.7. The van der Waals surface area contributed by atoms with Crippen molar-refractivity contribution in [2.24, 2.45) is 5.73 Å². The molecule has 11 heteroatoms. The third-order valence-corrected chi connectivity index (χ3v) is 9.04. The van der Waals surface area contributed by atoms with Crippen molar-refractivity contribution in [3.63, 3.8) is 0 Å². The summed E-state index contributed by atoms with van der Waals surface area (Å²) in [6.07, 6.45) is 16.6. The minimum Gasteiger partial charge on any atom is -0.394 e. The lowest BCUT2D eigenvalue weighted by atomic mass is 9.94. The minimum atomic E-state index is -1.51. The number of aliphatic hydroxyl groups is 3. The number of carbonyl (C=O) groups excluding carboxylic acids is 3. The number of nitrogens with zero attached hydrogens (tertiary/aromatic N) is 1. The predicted octanol–water partition coefficient (Wildman–Crippen LogP) is 4.04. The molecule has 1 saturated heterocycles. The van der Waals surface area contributed by atoms with Gasteiger partial charge < -0.3 is 41.3 Å². The van der Waals surface area contributed by atoms with Crippen LogP contribution in [0.15, 0.2) is 0 Å². The highest BCUT2D eigenvalue weighted by molar-refractivity contribution is 5.88. The number of aliphatic hydroxyl groups excluding tert-OH is 3. The standard InChI is InChI=1S/C35H68N4O7/c1-4-6-8-10-12-14-16-18-20-22-24-39(30(42)23-21-19-17-15-13-11-9-7-5-2)35-31(33(44)32(43)28(26-40)46-35)38-34(45)27(3)37-29(41)25-36/h27-28,31-33,35,40,43-44H,4-26,36H2,1-3H3,(H,37,41)(H,38,45)/t27-,28+,31+,32+,33+,35+/m0/s1. The Kier molecular flexibility index (Phi) is 24.1. The van der Waals surface area contributed by atoms with Crippen LogP contribution in [0, 0.1) is 0 Å². The van der Waals surface area contributed by atoms with Gasteiger partial charge in [0.25, 0.3) is 0 Å². The zero-order valence-electron chi connectivity index (χ0n) is 29.2. The first-order chi connectivity index (χ1) is 22.2. The van der Waals surface area contributed by atoms with E-state index in [2.05, 4.69) is 24.5 Å². The molecular weight excluding hydrogens is 588 g/mol. The van der Waals surface area contributed by atoms with Crippen molar-refractivity contribution in [3.8, 4) is 0 Å². The quantitative estimate of drug-likeness (QED) is 0.0719. The number of hydrogen-bond donors (Lipinski definition) is 6. The first-order valence-corrected chi connectivity index (χ1v) is 18.4. The Morgan fingerprint density at radius 1 is 0.761 bits per heavy atom. The van der Waals surface area contributed by atoms with E-state index in [1.807, 2.05) is 0 Å². The monoisotopic (exact) mass is 657 g/mol. The lowest BCUT2D eigenvalue weighted by Crippen LogP contribution is -2.69. The second-order valence-electron chi connectivity index (χ2n) is 13.1. The molecule has 11 nitrogen and oxygen atoms in total. The van der Waals surface area contributed by atoms with Crippen molar-refractivity contribution >= 4 is 17.7 Å². The second kappa shape index (κ2) is 26.2. The lowest BCUT2D eigenvalue weighted by Gasteiger charge is -2.47. The van der Waals surface area contributed by atoms with Crippen molar-refractivity contribution in [2.75, 3.05) is 19.7 Å². The second-order valence-corrected chi connectivity index (χ2v) is 13.1. The van der Waals surface area contributed by atoms with Crippen LogP contribution in [0.5, 0.6) is 0 Å². The van der Waals surface area contributed by atoms with E-state index in [-0.39, 0.29) is 12.5 Å². The van der Waals surface area contributed by atoms with Gasteiger partial charge in [0.2, 0.25) is 17.7 Å². The van der Waals surface area contributed by atoms with Crippen LogP contribution in [-0.4, -0.2) is 94.3 Å². The largest absolute Gasteiger partial charge is 0.394 e. The molecule has 0 saturated carbocycles. The highest BCUT2D eigenvalue weighted by atomic mass is 16.5. The van der Waals surface area contributed by atoms with Gasteiger partial charge in [0, 0.05) is 13.0 Å². The van der Waals surface area contributed by atoms with E-state index >= 15 is 0 Å². The van der Waals surface area contributed by atoms with Crippen LogP contribution in [-0.2, 0) is 19.1 Å². The number of hydrogen-bond acceptors (Lipinski definition) is 8. The van der Waals surface area contributed by atoms with Gasteiger partial charge in [-0.25, -0.2) is 0 Å². The highest BCUT2D eigenvalue weighted by Crippen LogP contribution is 2.26. The first-order valence-electron chi connectivity index (χ1n) is 18.4. The number of amides is 3. The van der Waals surface area contributed by atoms with Gasteiger partial charge in [0.15, 0.2) is 6.23 Å². The van der Waals surface area contributed by atoms with Crippen LogP contribution < -0.4 is 16.4 Å². The summed E-state index contributed by atoms with van der Waals surface area (Å²) in [5, 5.41) is 36.8. The number of nitrogens with two attached hydrogens (primary N) is 1. The molecule has 1 rings (SSSR count). The van der Waals surface area contributed by atoms with Crippen molar-refractivity contribution < 1.29 is 34.4 Å². The van der Waals surface area contributed by atoms with Gasteiger partial charge in [-0.2, -0.15) is 0 Å². The molecule has 0 aromatic carbocycles. The maximum atomic E-state index is 13.7. The van der Waals surface area contributed by atoms with E-state index in [0.29, 0.717) is 13.0 Å². The minimum absolute atomic E-state index is 0.145. The van der Waals surface area contributed by atoms with E-state index in [1.54, 1.807) is 4.90 Å². The summed E-state index contributed by atoms with van der Waals surface area (Å²) in [6.45, 7) is 5.43. The van der Waals surface area contributed by atoms with Gasteiger partial charge in [0.05, 0.1) is 13.2 Å². The van der Waals surface area contributed by atoms with Crippen LogP contribution in [0.4, 0.5) is 0 Å². The Balaban J connectivity index is 2.92. The summed E-state index contributed by atoms with van der Waals surface area (Å²) in [4.78, 5) is 40.1. The fourth-order valence-corrected chi connectivity index (χ4v) is 6.07. The van der Waals surface area contributed by atoms with Crippen molar-refractivity contribution in [3.05, 3.63) is 0 Å². The fraction of sp³-hybridized carbons (Fsp3) is 0.914. The summed E-state index contributed by atoms with van der Waals surface area (Å²) in [5.41, 5.74) is 5.37. The van der Waals surface area contributed by atoms with E-state index in [1.165, 1.54) is 77.6 Å². The third kappa shape index (κ3) is 16.9. The first kappa shape index (κ1) is 42.2. The Labute approximate surface area is 278 Å². The average Bonchev–Trinajstić information content (AvgIpc) is 3.05. The van der Waals surface area contributed by atoms with Gasteiger partial charge >= 0.3 is 0 Å². The molecule has 0 bridgehead atoms. The summed E-state index contributed by atoms with van der Waals surface area (Å²) in [6, 6.07) is -2.14. The fourth-order valence-electron chi connectivity index (χ4n) is 6.07. The zero-order chi connectivity index (χ0) is 34.2. The zero-order valence-corrected chi connectivity index (χ0v) is 29.2. The smallest absolute Gasteiger partial charge is 0.242 e. The molecule has 0 aromatic rings. The summed E-state index contributed by atoms with van der Waals surface area (Å²) in [7, 11) is 0. The van der Waals surface area contributed by atoms with Gasteiger partial charge in [-0.1, -0.05) is 123 Å². The normalized spacial score (nSPS) is 21.9. The van der Waals surface area contributed by atoms with Crippen LogP contribution >= 0.6 is 0 Å². The molecule has 6 atom stereocenters. The topological polar surface area (TPSA) is 174 Å². The molecule has 1 heterocycles. The van der Waals surface area contributed by atoms with Gasteiger partial charge in [0.1, 0.15) is 30.4 Å². The van der Waals surface area contributed by atoms with Gasteiger partial charge in [-0.05, 0) is 19.8 Å². The molecule has 0 radical (unpaired) electrons. The highest BCUT2D eigenvalue weighted by Gasteiger charge is 2.48. The molecule has 0 spiro atoms. The Hall–Kier alpha value is -1.79. The Morgan fingerprint density at radius 2 is 1.24 bits per heavy atom. The van der Waals surface area contributed by atoms with Crippen molar-refractivity contribution in [1.29, 1.82) is 0 Å². The Morgan fingerprint density at radius 3 is 1.72 bits per heavy atom. The maximum Gasteiger partial charge on any atom is 0.242 e. The molecule has 0 aromatic heterocycles. The number of rotatable bonds is 27. The molecular formula is C35H68N4O7. The van der Waals surface area contributed by atoms with Crippen LogP contribution in [0.3, 0.4) is 0 Å². The molecule has 3 amide bonds. The van der Waals surface area contributed by atoms with Crippen LogP contribution in [0.25, 0.3) is 0 Å². The molecule has 0 aliphatic carbocycles. The number of ether oxygens (including phenoxy) is 1. The number of nitrogens with one attached hydrogen (secondary N) is 2. The van der Waals surface area contributed by atoms with Gasteiger partial charge in [-0.3, -0.25) is 14.4 Å². The van der Waals surface area contributed by atoms with Gasteiger partial charge in [-0.15, -0.1) is 0 Å². The molecule has 0 unspecified atom stereocenters. The van der Waals surface area contributed by atoms with Crippen molar-refractivity contribution in [1.82, 2.24) is 15.5 Å². The SMILES string of the molecule is CCCCCCCCCCCCN(C(=O)CCCCCCCCCCC)[C@@H]1O[C@H](CO)[C@@H](O)[C@H](O)[C@H]1NC(=O)[C@H](C)NC(=O)CN. The molecule has 7 N–H and O–H groups in total. The molecule has 46 heavy (non-hydrogen) atoms. The molecule has 270 valence electrons. The summed E-state index contributed by atoms with van der Waals surface area (Å²) >= 11 is 0. The molecule has 1 aliphatic heterocycles. The number of unbranched alkanes of at least 4 members (excludes halogenated alkanes) is 17. The van der Waals surface area contributed by atoms with E-state index in [9.17, 15) is 29.7 Å². The predicted molar refractivity (Wildman–Crippen MR) is 182 cm³/mol. The molecule has 1 aliphatic rings. The van der Waals surface area contributed by atoms with E-state index in [0.717, 1.165) is 51.4 Å².